The summed E-state index contributed by atoms with van der Waals surface area (Å²) >= 11 is 1.27. The molecule has 4 heterocycles. The Kier molecular flexibility index (Phi) is 13.6. The number of ether oxygens (including phenoxy) is 5. The molecule has 2 aromatic heterocycles. The molecule has 63 heavy (non-hydrogen) atoms. The third-order valence-electron chi connectivity index (χ3n) is 11.9. The zero-order valence-electron chi connectivity index (χ0n) is 38.0. The molecule has 2 saturated heterocycles. The van der Waals surface area contributed by atoms with E-state index in [0.29, 0.717) is 49.9 Å². The molecule has 2 unspecified atom stereocenters. The maximum absolute atomic E-state index is 18.1. The van der Waals surface area contributed by atoms with Crippen LogP contribution in [-0.2, 0) is 14.2 Å². The second-order valence-corrected chi connectivity index (χ2v) is 24.4. The first kappa shape index (κ1) is 46.0. The number of rotatable bonds is 11. The van der Waals surface area contributed by atoms with Crippen LogP contribution in [0.5, 0.6) is 17.4 Å². The number of pyridine rings is 1. The van der Waals surface area contributed by atoms with E-state index in [-0.39, 0.29) is 78.8 Å². The van der Waals surface area contributed by atoms with E-state index in [1.54, 1.807) is 35.2 Å². The summed E-state index contributed by atoms with van der Waals surface area (Å²) in [6, 6.07) is 14.8. The van der Waals surface area contributed by atoms with Gasteiger partial charge in [-0.3, -0.25) is 0 Å². The van der Waals surface area contributed by atoms with Gasteiger partial charge >= 0.3 is 6.09 Å². The van der Waals surface area contributed by atoms with Gasteiger partial charge in [-0.25, -0.2) is 28.5 Å². The van der Waals surface area contributed by atoms with Crippen LogP contribution in [0.2, 0.25) is 16.6 Å². The number of morpholine rings is 1. The largest absolute Gasteiger partial charge is 0.468 e. The molecule has 5 aromatic rings. The van der Waals surface area contributed by atoms with Gasteiger partial charge in [-0.1, -0.05) is 83.5 Å². The number of para-hydroxylation sites is 1. The Morgan fingerprint density at radius 1 is 0.921 bits per heavy atom. The first-order valence-electron chi connectivity index (χ1n) is 21.4. The Hall–Kier alpha value is -5.01. The maximum atomic E-state index is 18.1. The molecule has 334 valence electrons. The highest BCUT2D eigenvalue weighted by Crippen LogP contribution is 2.45. The summed E-state index contributed by atoms with van der Waals surface area (Å²) in [5.74, 6) is 3.29. The van der Waals surface area contributed by atoms with E-state index in [9.17, 15) is 4.79 Å². The number of halogens is 2. The normalized spacial score (nSPS) is 16.8. The molecular formula is C48H57F2N5O6SSi. The third kappa shape index (κ3) is 9.18. The lowest BCUT2D eigenvalue weighted by molar-refractivity contribution is -0.0107. The number of hydrogen-bond donors (Lipinski definition) is 0. The fourth-order valence-corrected chi connectivity index (χ4v) is 14.8. The van der Waals surface area contributed by atoms with Gasteiger partial charge < -0.3 is 33.5 Å². The first-order valence-corrected chi connectivity index (χ1v) is 24.9. The van der Waals surface area contributed by atoms with Crippen LogP contribution < -0.4 is 14.4 Å². The lowest BCUT2D eigenvalue weighted by Crippen LogP contribution is -2.66. The van der Waals surface area contributed by atoms with E-state index in [1.165, 1.54) is 24.9 Å². The number of fused-ring (bicyclic) bond motifs is 4. The molecule has 0 N–H and O–H groups in total. The molecule has 2 aliphatic rings. The summed E-state index contributed by atoms with van der Waals surface area (Å²) in [7, 11) is -0.841. The molecule has 0 radical (unpaired) electrons. The molecule has 1 amide bonds. The average Bonchev–Trinajstić information content (AvgIpc) is 3.23. The SMILES string of the molecule is COCOc1cc(-c2nc(Oc3ccccc3)c3c(N4C5COCC4CN(C(=O)OC(C)(C)C)C5)nc(SC)nc3c2F)c2c(C#C[Si](C(C)C)(C(C)C)C(C)C)c(F)ccc2c1. The van der Waals surface area contributed by atoms with Crippen molar-refractivity contribution in [1.29, 1.82) is 0 Å². The van der Waals surface area contributed by atoms with Crippen LogP contribution in [0, 0.1) is 23.1 Å². The van der Waals surface area contributed by atoms with Crippen molar-refractivity contribution in [2.45, 2.75) is 102 Å². The number of hydrogen-bond acceptors (Lipinski definition) is 11. The Labute approximate surface area is 374 Å². The predicted molar refractivity (Wildman–Crippen MR) is 248 cm³/mol. The van der Waals surface area contributed by atoms with E-state index >= 15 is 8.78 Å². The van der Waals surface area contributed by atoms with Gasteiger partial charge in [-0.2, -0.15) is 0 Å². The number of carbonyl (C=O) groups excluding carboxylic acids is 1. The number of thioether (sulfide) groups is 1. The predicted octanol–water partition coefficient (Wildman–Crippen LogP) is 11.0. The van der Waals surface area contributed by atoms with Gasteiger partial charge in [0.2, 0.25) is 5.88 Å². The van der Waals surface area contributed by atoms with Gasteiger partial charge in [0.05, 0.1) is 30.9 Å². The lowest BCUT2D eigenvalue weighted by Gasteiger charge is -2.50. The Bertz CT molecular complexity index is 2530. The van der Waals surface area contributed by atoms with Gasteiger partial charge in [0, 0.05) is 31.1 Å². The second-order valence-electron chi connectivity index (χ2n) is 18.1. The van der Waals surface area contributed by atoms with E-state index in [1.807, 2.05) is 45.2 Å². The Morgan fingerprint density at radius 2 is 1.59 bits per heavy atom. The topological polar surface area (TPSA) is 108 Å². The highest BCUT2D eigenvalue weighted by Gasteiger charge is 2.44. The van der Waals surface area contributed by atoms with Crippen LogP contribution in [0.3, 0.4) is 0 Å². The van der Waals surface area contributed by atoms with Crippen molar-refractivity contribution in [1.82, 2.24) is 19.9 Å². The number of nitrogens with zero attached hydrogens (tertiary/aromatic N) is 5. The lowest BCUT2D eigenvalue weighted by atomic mass is 9.95. The summed E-state index contributed by atoms with van der Waals surface area (Å²) in [6.07, 6.45) is 1.40. The van der Waals surface area contributed by atoms with Crippen LogP contribution in [0.25, 0.3) is 32.9 Å². The van der Waals surface area contributed by atoms with Gasteiger partial charge in [0.1, 0.15) is 53.4 Å². The van der Waals surface area contributed by atoms with Crippen LogP contribution >= 0.6 is 11.8 Å². The second kappa shape index (κ2) is 18.6. The molecule has 3 aromatic carbocycles. The van der Waals surface area contributed by atoms with Gasteiger partial charge in [-0.05, 0) is 79.4 Å². The smallest absolute Gasteiger partial charge is 0.410 e. The van der Waals surface area contributed by atoms with Gasteiger partial charge in [-0.15, -0.1) is 5.54 Å². The summed E-state index contributed by atoms with van der Waals surface area (Å²) in [4.78, 5) is 32.0. The monoisotopic (exact) mass is 897 g/mol. The summed E-state index contributed by atoms with van der Waals surface area (Å²) in [5, 5.41) is 1.51. The third-order valence-corrected chi connectivity index (χ3v) is 18.8. The highest BCUT2D eigenvalue weighted by atomic mass is 32.2. The van der Waals surface area contributed by atoms with Crippen LogP contribution in [0.1, 0.15) is 67.9 Å². The molecule has 2 atom stereocenters. The Balaban J connectivity index is 1.52. The maximum Gasteiger partial charge on any atom is 0.410 e. The van der Waals surface area contributed by atoms with Crippen LogP contribution in [0.15, 0.2) is 59.8 Å². The summed E-state index contributed by atoms with van der Waals surface area (Å²) in [6.45, 7) is 19.7. The van der Waals surface area contributed by atoms with Crippen molar-refractivity contribution in [3.63, 3.8) is 0 Å². The molecule has 2 bridgehead atoms. The molecule has 11 nitrogen and oxygen atoms in total. The van der Waals surface area contributed by atoms with Crippen molar-refractivity contribution >= 4 is 53.4 Å². The van der Waals surface area contributed by atoms with Crippen molar-refractivity contribution in [2.24, 2.45) is 0 Å². The van der Waals surface area contributed by atoms with Crippen molar-refractivity contribution in [3.8, 4) is 40.1 Å². The van der Waals surface area contributed by atoms with Crippen molar-refractivity contribution < 1.29 is 37.3 Å². The highest BCUT2D eigenvalue weighted by molar-refractivity contribution is 7.98. The molecular weight excluding hydrogens is 841 g/mol. The molecule has 7 rings (SSSR count). The first-order chi connectivity index (χ1) is 30.0. The number of piperazine rings is 1. The van der Waals surface area contributed by atoms with E-state index in [4.69, 9.17) is 38.6 Å². The Morgan fingerprint density at radius 3 is 2.19 bits per heavy atom. The minimum Gasteiger partial charge on any atom is -0.468 e. The van der Waals surface area contributed by atoms with E-state index in [0.717, 1.165) is 0 Å². The van der Waals surface area contributed by atoms with Crippen molar-refractivity contribution in [2.75, 3.05) is 51.4 Å². The van der Waals surface area contributed by atoms with E-state index < -0.39 is 31.4 Å². The van der Waals surface area contributed by atoms with Crippen molar-refractivity contribution in [3.05, 3.63) is 71.8 Å². The molecule has 15 heteroatoms. The molecule has 0 spiro atoms. The minimum absolute atomic E-state index is 0.0371. The summed E-state index contributed by atoms with van der Waals surface area (Å²) < 4.78 is 64.2. The molecule has 0 saturated carbocycles. The molecule has 0 aliphatic carbocycles. The summed E-state index contributed by atoms with van der Waals surface area (Å²) in [5.41, 5.74) is 4.10. The van der Waals surface area contributed by atoms with Gasteiger partial charge in [0.15, 0.2) is 17.8 Å². The number of benzene rings is 3. The quantitative estimate of drug-likeness (QED) is 0.0416. The van der Waals surface area contributed by atoms with Crippen LogP contribution in [-0.4, -0.2) is 98.2 Å². The number of carbonyl (C=O) groups is 1. The average molecular weight is 898 g/mol. The molecule has 2 aliphatic heterocycles. The minimum atomic E-state index is -2.35. The standard InChI is InChI=1S/C48H57F2N5O6SSi/c1-28(2)63(29(3)4,30(5)6)20-19-36-38(49)18-17-31-21-35(59-27-57-10)22-37(39(31)36)42-41(50)43-40(45(51-42)60-34-15-13-12-14-16-34)44(53-46(52-43)62-11)55-32-23-54(24-33(55)26-58-25-32)47(56)61-48(7,8)9/h12-18,21-22,28-30,32-33H,23-27H2,1-11H3. The fraction of sp³-hybridized carbons (Fsp3) is 0.458. The van der Waals surface area contributed by atoms with Gasteiger partial charge in [0.25, 0.3) is 0 Å². The number of amides is 1. The number of methoxy groups -OCH3 is 1. The number of anilines is 1. The zero-order valence-corrected chi connectivity index (χ0v) is 39.8. The fourth-order valence-electron chi connectivity index (χ4n) is 9.26. The van der Waals surface area contributed by atoms with E-state index in [2.05, 4.69) is 57.9 Å². The number of aromatic nitrogens is 3. The zero-order chi connectivity index (χ0) is 45.4. The van der Waals surface area contributed by atoms with Crippen LogP contribution in [0.4, 0.5) is 19.4 Å². The molecule has 2 fully saturated rings.